The number of carbonyl (C=O) groups excluding carboxylic acids is 1. The molecule has 0 aliphatic heterocycles. The number of ether oxygens (including phenoxy) is 1. The van der Waals surface area contributed by atoms with Crippen molar-refractivity contribution in [3.8, 4) is 0 Å². The van der Waals surface area contributed by atoms with Crippen LogP contribution in [0.15, 0.2) is 23.1 Å². The van der Waals surface area contributed by atoms with Gasteiger partial charge in [0.25, 0.3) is 0 Å². The van der Waals surface area contributed by atoms with Crippen molar-refractivity contribution in [1.82, 2.24) is 4.72 Å². The van der Waals surface area contributed by atoms with Crippen LogP contribution < -0.4 is 10.5 Å². The summed E-state index contributed by atoms with van der Waals surface area (Å²) in [4.78, 5) is 11.4. The molecule has 23 heavy (non-hydrogen) atoms. The Hall–Kier alpha value is -0.860. The first-order chi connectivity index (χ1) is 10.3. The molecule has 0 aromatic heterocycles. The van der Waals surface area contributed by atoms with Crippen LogP contribution >= 0.6 is 24.0 Å². The maximum absolute atomic E-state index is 12.6. The second-order valence-electron chi connectivity index (χ2n) is 5.43. The number of hydrogen-bond donors (Lipinski definition) is 2. The molecule has 0 heterocycles. The largest absolute Gasteiger partial charge is 0.465 e. The van der Waals surface area contributed by atoms with Crippen molar-refractivity contribution in [1.29, 1.82) is 0 Å². The molecule has 0 spiro atoms. The molecule has 0 atom stereocenters. The Morgan fingerprint density at radius 3 is 2.48 bits per heavy atom. The molecule has 0 saturated heterocycles. The fraction of sp³-hybridized carbons (Fsp3) is 0.500. The molecule has 1 aromatic carbocycles. The summed E-state index contributed by atoms with van der Waals surface area (Å²) in [6, 6.07) is 3.96. The fourth-order valence-electron chi connectivity index (χ4n) is 2.70. The first-order valence-electron chi connectivity index (χ1n) is 6.95. The number of sulfonamides is 1. The minimum atomic E-state index is -3.81. The lowest BCUT2D eigenvalue weighted by Gasteiger charge is -2.28. The van der Waals surface area contributed by atoms with Crippen LogP contribution in [0.5, 0.6) is 0 Å². The van der Waals surface area contributed by atoms with Gasteiger partial charge >= 0.3 is 5.97 Å². The molecule has 0 radical (unpaired) electrons. The second-order valence-corrected chi connectivity index (χ2v) is 7.49. The minimum absolute atomic E-state index is 0. The molecular weight excluding hydrogens is 363 g/mol. The van der Waals surface area contributed by atoms with Gasteiger partial charge in [-0.3, -0.25) is 0 Å². The van der Waals surface area contributed by atoms with Crippen LogP contribution in [0.1, 0.15) is 36.0 Å². The maximum Gasteiger partial charge on any atom is 0.337 e. The third-order valence-corrected chi connectivity index (χ3v) is 6.01. The lowest BCUT2D eigenvalue weighted by Crippen LogP contribution is -2.51. The van der Waals surface area contributed by atoms with Crippen molar-refractivity contribution >= 4 is 40.0 Å². The van der Waals surface area contributed by atoms with E-state index in [0.29, 0.717) is 12.8 Å². The highest BCUT2D eigenvalue weighted by Gasteiger charge is 2.37. The molecular formula is C14H20Cl2N2O4S. The number of nitrogens with one attached hydrogen (secondary N) is 1. The Balaban J connectivity index is 0.00000264. The van der Waals surface area contributed by atoms with E-state index >= 15 is 0 Å². The summed E-state index contributed by atoms with van der Waals surface area (Å²) >= 11 is 6.03. The van der Waals surface area contributed by atoms with Crippen LogP contribution in [-0.4, -0.2) is 33.6 Å². The minimum Gasteiger partial charge on any atom is -0.465 e. The summed E-state index contributed by atoms with van der Waals surface area (Å²) < 4.78 is 32.4. The van der Waals surface area contributed by atoms with E-state index < -0.39 is 21.5 Å². The number of hydrogen-bond acceptors (Lipinski definition) is 5. The summed E-state index contributed by atoms with van der Waals surface area (Å²) in [7, 11) is -2.56. The van der Waals surface area contributed by atoms with E-state index in [4.69, 9.17) is 17.3 Å². The summed E-state index contributed by atoms with van der Waals surface area (Å²) in [6.07, 6.45) is 3.30. The van der Waals surface area contributed by atoms with Gasteiger partial charge < -0.3 is 10.5 Å². The Morgan fingerprint density at radius 1 is 1.39 bits per heavy atom. The predicted molar refractivity (Wildman–Crippen MR) is 90.6 cm³/mol. The predicted octanol–water partition coefficient (Wildman–Crippen LogP) is 2.10. The number of rotatable bonds is 5. The Kier molecular flexibility index (Phi) is 6.85. The Labute approximate surface area is 147 Å². The van der Waals surface area contributed by atoms with Gasteiger partial charge in [-0.25, -0.2) is 17.9 Å². The molecule has 9 heteroatoms. The van der Waals surface area contributed by atoms with Gasteiger partial charge in [0.2, 0.25) is 10.0 Å². The highest BCUT2D eigenvalue weighted by molar-refractivity contribution is 7.89. The first kappa shape index (κ1) is 20.2. The highest BCUT2D eigenvalue weighted by atomic mass is 35.5. The number of benzene rings is 1. The third-order valence-electron chi connectivity index (χ3n) is 3.94. The molecule has 1 fully saturated rings. The van der Waals surface area contributed by atoms with E-state index in [1.807, 2.05) is 0 Å². The standard InChI is InChI=1S/C14H19ClN2O4S.ClH/c1-21-13(18)10-4-5-12(11(15)8-10)22(19,20)17-14(9-16)6-2-3-7-14;/h4-5,8,17H,2-3,6-7,9,16H2,1H3;1H. The smallest absolute Gasteiger partial charge is 0.337 e. The van der Waals surface area contributed by atoms with Crippen molar-refractivity contribution in [2.75, 3.05) is 13.7 Å². The van der Waals surface area contributed by atoms with Crippen molar-refractivity contribution < 1.29 is 17.9 Å². The highest BCUT2D eigenvalue weighted by Crippen LogP contribution is 2.32. The molecule has 2 rings (SSSR count). The molecule has 1 saturated carbocycles. The van der Waals surface area contributed by atoms with E-state index in [9.17, 15) is 13.2 Å². The number of halogens is 2. The summed E-state index contributed by atoms with van der Waals surface area (Å²) in [6.45, 7) is 0.240. The van der Waals surface area contributed by atoms with Crippen LogP contribution in [0.3, 0.4) is 0 Å². The summed E-state index contributed by atoms with van der Waals surface area (Å²) in [5.41, 5.74) is 5.34. The van der Waals surface area contributed by atoms with E-state index in [1.165, 1.54) is 25.3 Å². The molecule has 1 aliphatic carbocycles. The van der Waals surface area contributed by atoms with E-state index in [0.717, 1.165) is 12.8 Å². The molecule has 1 aliphatic rings. The van der Waals surface area contributed by atoms with Crippen LogP contribution in [0.25, 0.3) is 0 Å². The number of nitrogens with two attached hydrogens (primary N) is 1. The zero-order chi connectivity index (χ0) is 16.4. The van der Waals surface area contributed by atoms with E-state index in [2.05, 4.69) is 9.46 Å². The fourth-order valence-corrected chi connectivity index (χ4v) is 4.72. The Morgan fingerprint density at radius 2 is 2.00 bits per heavy atom. The second kappa shape index (κ2) is 7.81. The van der Waals surface area contributed by atoms with Crippen LogP contribution in [0.2, 0.25) is 5.02 Å². The molecule has 3 N–H and O–H groups in total. The quantitative estimate of drug-likeness (QED) is 0.759. The number of carbonyl (C=O) groups is 1. The van der Waals surface area contributed by atoms with Crippen molar-refractivity contribution in [2.24, 2.45) is 5.73 Å². The Bertz CT molecular complexity index is 673. The number of methoxy groups -OCH3 is 1. The molecule has 0 unspecified atom stereocenters. The molecule has 6 nitrogen and oxygen atoms in total. The summed E-state index contributed by atoms with van der Waals surface area (Å²) in [5.74, 6) is -0.576. The third kappa shape index (κ3) is 4.36. The van der Waals surface area contributed by atoms with Crippen molar-refractivity contribution in [3.63, 3.8) is 0 Å². The van der Waals surface area contributed by atoms with Crippen LogP contribution in [0.4, 0.5) is 0 Å². The lowest BCUT2D eigenvalue weighted by molar-refractivity contribution is 0.0600. The maximum atomic E-state index is 12.6. The van der Waals surface area contributed by atoms with Crippen molar-refractivity contribution in [2.45, 2.75) is 36.1 Å². The topological polar surface area (TPSA) is 98.5 Å². The van der Waals surface area contributed by atoms with Gasteiger partial charge in [-0.2, -0.15) is 0 Å². The zero-order valence-electron chi connectivity index (χ0n) is 12.7. The van der Waals surface area contributed by atoms with Crippen LogP contribution in [0, 0.1) is 0 Å². The molecule has 130 valence electrons. The van der Waals surface area contributed by atoms with Gasteiger partial charge in [-0.1, -0.05) is 24.4 Å². The summed E-state index contributed by atoms with van der Waals surface area (Å²) in [5, 5.41) is -0.0273. The average Bonchev–Trinajstić information content (AvgIpc) is 2.94. The normalized spacial score (nSPS) is 16.7. The van der Waals surface area contributed by atoms with Gasteiger partial charge in [0, 0.05) is 12.1 Å². The number of esters is 1. The molecule has 0 amide bonds. The average molecular weight is 383 g/mol. The van der Waals surface area contributed by atoms with Gasteiger partial charge in [0.05, 0.1) is 17.7 Å². The molecule has 1 aromatic rings. The van der Waals surface area contributed by atoms with Gasteiger partial charge in [0.15, 0.2) is 0 Å². The van der Waals surface area contributed by atoms with Crippen LogP contribution in [-0.2, 0) is 14.8 Å². The van der Waals surface area contributed by atoms with Crippen molar-refractivity contribution in [3.05, 3.63) is 28.8 Å². The van der Waals surface area contributed by atoms with Gasteiger partial charge in [-0.15, -0.1) is 12.4 Å². The SMILES string of the molecule is COC(=O)c1ccc(S(=O)(=O)NC2(CN)CCCC2)c(Cl)c1.Cl. The lowest BCUT2D eigenvalue weighted by atomic mass is 10.0. The van der Waals surface area contributed by atoms with E-state index in [1.54, 1.807) is 0 Å². The zero-order valence-corrected chi connectivity index (χ0v) is 15.1. The van der Waals surface area contributed by atoms with Gasteiger partial charge in [-0.05, 0) is 31.0 Å². The monoisotopic (exact) mass is 382 g/mol. The molecule has 0 bridgehead atoms. The van der Waals surface area contributed by atoms with Gasteiger partial charge in [0.1, 0.15) is 4.90 Å². The first-order valence-corrected chi connectivity index (χ1v) is 8.82. The van der Waals surface area contributed by atoms with E-state index in [-0.39, 0.29) is 34.4 Å².